The molecule has 2 N–H and O–H groups in total. The third-order valence-electron chi connectivity index (χ3n) is 3.40. The number of aliphatic hydroxyl groups excluding tert-OH is 1. The molecule has 0 amide bonds. The second kappa shape index (κ2) is 5.34. The van der Waals surface area contributed by atoms with Gasteiger partial charge in [-0.25, -0.2) is 13.1 Å². The molecule has 1 saturated carbocycles. The van der Waals surface area contributed by atoms with Crippen LogP contribution in [0.4, 0.5) is 0 Å². The Labute approximate surface area is 103 Å². The lowest BCUT2D eigenvalue weighted by atomic mass is 9.78. The van der Waals surface area contributed by atoms with E-state index in [1.165, 1.54) is 6.92 Å². The topological polar surface area (TPSA) is 90.2 Å². The summed E-state index contributed by atoms with van der Waals surface area (Å²) in [6.45, 7) is 3.18. The molecule has 1 aliphatic carbocycles. The summed E-state index contributed by atoms with van der Waals surface area (Å²) in [6.07, 6.45) is 3.20. The second-order valence-corrected chi connectivity index (χ2v) is 7.06. The highest BCUT2D eigenvalue weighted by Crippen LogP contribution is 2.32. The van der Waals surface area contributed by atoms with E-state index in [1.54, 1.807) is 6.07 Å². The zero-order valence-corrected chi connectivity index (χ0v) is 11.1. The first-order valence-electron chi connectivity index (χ1n) is 5.88. The van der Waals surface area contributed by atoms with Crippen LogP contribution in [-0.4, -0.2) is 30.9 Å². The number of nitriles is 1. The first kappa shape index (κ1) is 14.4. The van der Waals surface area contributed by atoms with Gasteiger partial charge in [-0.2, -0.15) is 5.26 Å². The lowest BCUT2D eigenvalue weighted by Gasteiger charge is -2.39. The van der Waals surface area contributed by atoms with E-state index in [4.69, 9.17) is 5.26 Å². The van der Waals surface area contributed by atoms with Gasteiger partial charge in [0.2, 0.25) is 10.0 Å². The highest BCUT2D eigenvalue weighted by Gasteiger charge is 2.39. The summed E-state index contributed by atoms with van der Waals surface area (Å²) in [5.41, 5.74) is -0.776. The van der Waals surface area contributed by atoms with Crippen molar-refractivity contribution in [3.05, 3.63) is 0 Å². The van der Waals surface area contributed by atoms with Gasteiger partial charge >= 0.3 is 0 Å². The lowest BCUT2D eigenvalue weighted by molar-refractivity contribution is 0.119. The van der Waals surface area contributed by atoms with Gasteiger partial charge in [0, 0.05) is 0 Å². The Balaban J connectivity index is 2.86. The van der Waals surface area contributed by atoms with E-state index in [0.717, 1.165) is 12.8 Å². The summed E-state index contributed by atoms with van der Waals surface area (Å²) in [5, 5.41) is 17.0. The number of hydrogen-bond acceptors (Lipinski definition) is 4. The average molecular weight is 260 g/mol. The molecule has 0 aromatic carbocycles. The Hall–Kier alpha value is -0.640. The molecule has 0 aliphatic heterocycles. The van der Waals surface area contributed by atoms with Crippen LogP contribution < -0.4 is 4.72 Å². The van der Waals surface area contributed by atoms with Gasteiger partial charge in [0.1, 0.15) is 0 Å². The molecular formula is C11H20N2O3S. The zero-order chi connectivity index (χ0) is 13.1. The number of sulfonamides is 1. The van der Waals surface area contributed by atoms with Gasteiger partial charge in [0.15, 0.2) is 5.25 Å². The van der Waals surface area contributed by atoms with Crippen molar-refractivity contribution >= 4 is 10.0 Å². The molecule has 3 atom stereocenters. The summed E-state index contributed by atoms with van der Waals surface area (Å²) in [4.78, 5) is 0. The minimum atomic E-state index is -3.68. The Kier molecular flexibility index (Phi) is 4.53. The van der Waals surface area contributed by atoms with E-state index in [1.807, 2.05) is 6.92 Å². The molecule has 0 aromatic heterocycles. The minimum Gasteiger partial charge on any atom is -0.394 e. The maximum Gasteiger partial charge on any atom is 0.228 e. The van der Waals surface area contributed by atoms with Crippen molar-refractivity contribution in [2.24, 2.45) is 5.92 Å². The quantitative estimate of drug-likeness (QED) is 0.780. The van der Waals surface area contributed by atoms with Crippen molar-refractivity contribution in [2.75, 3.05) is 6.61 Å². The molecule has 17 heavy (non-hydrogen) atoms. The molecule has 0 aromatic rings. The Morgan fingerprint density at radius 1 is 1.65 bits per heavy atom. The SMILES string of the molecule is CC1CCCC(CO)(NS(=O)(=O)C(C)C#N)C1. The number of nitrogens with zero attached hydrogens (tertiary/aromatic N) is 1. The largest absolute Gasteiger partial charge is 0.394 e. The fourth-order valence-corrected chi connectivity index (χ4v) is 3.56. The van der Waals surface area contributed by atoms with Gasteiger partial charge < -0.3 is 5.11 Å². The van der Waals surface area contributed by atoms with E-state index in [9.17, 15) is 13.5 Å². The Morgan fingerprint density at radius 2 is 2.29 bits per heavy atom. The standard InChI is InChI=1S/C11H20N2O3S/c1-9-4-3-5-11(6-9,8-14)13-17(15,16)10(2)7-12/h9-10,13-14H,3-6,8H2,1-2H3. The molecular weight excluding hydrogens is 240 g/mol. The molecule has 3 unspecified atom stereocenters. The monoisotopic (exact) mass is 260 g/mol. The van der Waals surface area contributed by atoms with Crippen molar-refractivity contribution < 1.29 is 13.5 Å². The highest BCUT2D eigenvalue weighted by molar-refractivity contribution is 7.90. The third-order valence-corrected chi connectivity index (χ3v) is 5.15. The summed E-state index contributed by atoms with van der Waals surface area (Å²) in [5.74, 6) is 0.385. The van der Waals surface area contributed by atoms with Crippen LogP contribution in [0.15, 0.2) is 0 Å². The smallest absolute Gasteiger partial charge is 0.228 e. The van der Waals surface area contributed by atoms with E-state index < -0.39 is 20.8 Å². The highest BCUT2D eigenvalue weighted by atomic mass is 32.2. The van der Waals surface area contributed by atoms with Gasteiger partial charge in [-0.3, -0.25) is 0 Å². The van der Waals surface area contributed by atoms with Crippen LogP contribution in [0.5, 0.6) is 0 Å². The molecule has 0 radical (unpaired) electrons. The molecule has 1 rings (SSSR count). The fraction of sp³-hybridized carbons (Fsp3) is 0.909. The molecule has 98 valence electrons. The van der Waals surface area contributed by atoms with Crippen molar-refractivity contribution in [1.82, 2.24) is 4.72 Å². The zero-order valence-electron chi connectivity index (χ0n) is 10.3. The van der Waals surface area contributed by atoms with Crippen LogP contribution in [0.1, 0.15) is 39.5 Å². The first-order chi connectivity index (χ1) is 7.85. The predicted octanol–water partition coefficient (Wildman–Crippen LogP) is 0.759. The molecule has 0 saturated heterocycles. The van der Waals surface area contributed by atoms with Crippen molar-refractivity contribution in [2.45, 2.75) is 50.3 Å². The summed E-state index contributed by atoms with van der Waals surface area (Å²) in [7, 11) is -3.68. The molecule has 1 fully saturated rings. The van der Waals surface area contributed by atoms with Crippen LogP contribution in [0.25, 0.3) is 0 Å². The Bertz CT molecular complexity index is 401. The van der Waals surface area contributed by atoms with E-state index in [-0.39, 0.29) is 6.61 Å². The van der Waals surface area contributed by atoms with Crippen molar-refractivity contribution in [1.29, 1.82) is 5.26 Å². The molecule has 0 heterocycles. The van der Waals surface area contributed by atoms with Crippen LogP contribution in [0.2, 0.25) is 0 Å². The predicted molar refractivity (Wildman–Crippen MR) is 64.6 cm³/mol. The van der Waals surface area contributed by atoms with Crippen LogP contribution in [0, 0.1) is 17.2 Å². The van der Waals surface area contributed by atoms with Crippen LogP contribution in [-0.2, 0) is 10.0 Å². The van der Waals surface area contributed by atoms with Gasteiger partial charge in [-0.1, -0.05) is 19.8 Å². The fourth-order valence-electron chi connectivity index (χ4n) is 2.39. The lowest BCUT2D eigenvalue weighted by Crippen LogP contribution is -2.55. The normalized spacial score (nSPS) is 31.8. The van der Waals surface area contributed by atoms with Gasteiger partial charge in [-0.05, 0) is 25.7 Å². The molecule has 0 spiro atoms. The molecule has 0 bridgehead atoms. The first-order valence-corrected chi connectivity index (χ1v) is 7.43. The summed E-state index contributed by atoms with van der Waals surface area (Å²) >= 11 is 0. The van der Waals surface area contributed by atoms with Crippen molar-refractivity contribution in [3.63, 3.8) is 0 Å². The minimum absolute atomic E-state index is 0.214. The number of rotatable bonds is 4. The van der Waals surface area contributed by atoms with E-state index in [0.29, 0.717) is 18.8 Å². The van der Waals surface area contributed by atoms with Gasteiger partial charge in [-0.15, -0.1) is 0 Å². The van der Waals surface area contributed by atoms with Gasteiger partial charge in [0.05, 0.1) is 18.2 Å². The van der Waals surface area contributed by atoms with E-state index in [2.05, 4.69) is 4.72 Å². The number of aliphatic hydroxyl groups is 1. The molecule has 5 nitrogen and oxygen atoms in total. The summed E-state index contributed by atoms with van der Waals surface area (Å²) in [6, 6.07) is 1.72. The maximum atomic E-state index is 11.9. The Morgan fingerprint density at radius 3 is 2.76 bits per heavy atom. The van der Waals surface area contributed by atoms with Crippen LogP contribution in [0.3, 0.4) is 0 Å². The van der Waals surface area contributed by atoms with E-state index >= 15 is 0 Å². The summed E-state index contributed by atoms with van der Waals surface area (Å²) < 4.78 is 26.3. The van der Waals surface area contributed by atoms with Gasteiger partial charge in [0.25, 0.3) is 0 Å². The van der Waals surface area contributed by atoms with Crippen LogP contribution >= 0.6 is 0 Å². The third kappa shape index (κ3) is 3.41. The average Bonchev–Trinajstić information content (AvgIpc) is 2.27. The number of hydrogen-bond donors (Lipinski definition) is 2. The number of nitrogens with one attached hydrogen (secondary N) is 1. The van der Waals surface area contributed by atoms with Crippen molar-refractivity contribution in [3.8, 4) is 6.07 Å². The second-order valence-electron chi connectivity index (χ2n) is 5.06. The molecule has 1 aliphatic rings. The molecule has 6 heteroatoms. The maximum absolute atomic E-state index is 11.9.